The molecular formula is C18H25NOS. The van der Waals surface area contributed by atoms with Crippen LogP contribution in [0.15, 0.2) is 35.7 Å². The lowest BCUT2D eigenvalue weighted by molar-refractivity contribution is 0.174. The summed E-state index contributed by atoms with van der Waals surface area (Å²) in [6.07, 6.45) is 3.11. The molecule has 0 saturated carbocycles. The van der Waals surface area contributed by atoms with Crippen LogP contribution in [-0.2, 0) is 6.42 Å². The first-order valence-electron chi connectivity index (χ1n) is 7.70. The van der Waals surface area contributed by atoms with E-state index in [4.69, 9.17) is 10.5 Å². The molecule has 3 heteroatoms. The van der Waals surface area contributed by atoms with E-state index in [9.17, 15) is 0 Å². The second kappa shape index (κ2) is 7.62. The predicted octanol–water partition coefficient (Wildman–Crippen LogP) is 4.87. The number of aryl methyl sites for hydroxylation is 2. The number of benzene rings is 1. The van der Waals surface area contributed by atoms with Crippen LogP contribution in [0.4, 0.5) is 0 Å². The Balaban J connectivity index is 2.17. The van der Waals surface area contributed by atoms with E-state index in [0.29, 0.717) is 0 Å². The maximum absolute atomic E-state index is 6.28. The van der Waals surface area contributed by atoms with Crippen molar-refractivity contribution < 1.29 is 4.74 Å². The minimum atomic E-state index is -0.0629. The zero-order valence-corrected chi connectivity index (χ0v) is 14.0. The van der Waals surface area contributed by atoms with Gasteiger partial charge in [0.25, 0.3) is 0 Å². The van der Waals surface area contributed by atoms with Crippen molar-refractivity contribution in [2.45, 2.75) is 52.2 Å². The number of hydrogen-bond acceptors (Lipinski definition) is 3. The van der Waals surface area contributed by atoms with Crippen molar-refractivity contribution in [2.24, 2.45) is 5.73 Å². The first-order chi connectivity index (χ1) is 10.2. The smallest absolute Gasteiger partial charge is 0.148 e. The number of ether oxygens (including phenoxy) is 1. The summed E-state index contributed by atoms with van der Waals surface area (Å²) in [5.41, 5.74) is 8.90. The fourth-order valence-corrected chi connectivity index (χ4v) is 3.43. The first kappa shape index (κ1) is 16.1. The lowest BCUT2D eigenvalue weighted by atomic mass is 10.1. The van der Waals surface area contributed by atoms with Crippen LogP contribution in [0.25, 0.3) is 0 Å². The number of hydrogen-bond donors (Lipinski definition) is 1. The molecule has 21 heavy (non-hydrogen) atoms. The van der Waals surface area contributed by atoms with Crippen molar-refractivity contribution in [3.63, 3.8) is 0 Å². The molecule has 1 aromatic heterocycles. The highest BCUT2D eigenvalue weighted by atomic mass is 32.1. The molecule has 0 fully saturated rings. The molecule has 0 aliphatic carbocycles. The van der Waals surface area contributed by atoms with E-state index in [1.165, 1.54) is 16.0 Å². The van der Waals surface area contributed by atoms with Crippen molar-refractivity contribution in [1.82, 2.24) is 0 Å². The lowest BCUT2D eigenvalue weighted by Crippen LogP contribution is -2.31. The average molecular weight is 303 g/mol. The Bertz CT molecular complexity index is 547. The maximum atomic E-state index is 6.28. The maximum Gasteiger partial charge on any atom is 0.148 e. The number of nitrogens with two attached hydrogens (primary N) is 1. The van der Waals surface area contributed by atoms with E-state index in [2.05, 4.69) is 56.5 Å². The number of rotatable bonds is 7. The summed E-state index contributed by atoms with van der Waals surface area (Å²) in [6.45, 7) is 6.42. The molecule has 114 valence electrons. The van der Waals surface area contributed by atoms with Gasteiger partial charge in [0, 0.05) is 10.9 Å². The van der Waals surface area contributed by atoms with E-state index in [0.717, 1.165) is 25.0 Å². The summed E-state index contributed by atoms with van der Waals surface area (Å²) in [6, 6.07) is 10.6. The number of thiophene rings is 1. The van der Waals surface area contributed by atoms with Gasteiger partial charge in [-0.1, -0.05) is 32.4 Å². The van der Waals surface area contributed by atoms with E-state index in [1.807, 2.05) is 0 Å². The third kappa shape index (κ3) is 4.08. The molecule has 2 nitrogen and oxygen atoms in total. The summed E-state index contributed by atoms with van der Waals surface area (Å²) < 4.78 is 6.21. The van der Waals surface area contributed by atoms with Gasteiger partial charge in [-0.3, -0.25) is 0 Å². The molecule has 2 atom stereocenters. The lowest BCUT2D eigenvalue weighted by Gasteiger charge is -2.24. The monoisotopic (exact) mass is 303 g/mol. The molecule has 0 amide bonds. The van der Waals surface area contributed by atoms with Gasteiger partial charge < -0.3 is 10.5 Å². The topological polar surface area (TPSA) is 35.2 Å². The highest BCUT2D eigenvalue weighted by molar-refractivity contribution is 7.10. The van der Waals surface area contributed by atoms with Crippen LogP contribution in [0, 0.1) is 6.92 Å². The molecule has 2 unspecified atom stereocenters. The third-order valence-electron chi connectivity index (χ3n) is 3.75. The first-order valence-corrected chi connectivity index (χ1v) is 8.58. The molecule has 0 saturated heterocycles. The van der Waals surface area contributed by atoms with Crippen LogP contribution in [-0.4, -0.2) is 6.04 Å². The van der Waals surface area contributed by atoms with Crippen molar-refractivity contribution in [2.75, 3.05) is 0 Å². The van der Waals surface area contributed by atoms with Crippen LogP contribution in [0.1, 0.15) is 48.8 Å². The Morgan fingerprint density at radius 2 is 1.86 bits per heavy atom. The molecule has 2 N–H and O–H groups in total. The standard InChI is InChI=1S/C18H25NOS/c1-4-6-14-7-9-15(10-8-14)20-17(16(19)5-2)18-13(3)11-12-21-18/h7-12,16-17H,4-6,19H2,1-3H3. The normalized spacial score (nSPS) is 13.9. The molecule has 0 aliphatic rings. The zero-order chi connectivity index (χ0) is 15.2. The minimum Gasteiger partial charge on any atom is -0.483 e. The van der Waals surface area contributed by atoms with E-state index < -0.39 is 0 Å². The third-order valence-corrected chi connectivity index (χ3v) is 4.83. The minimum absolute atomic E-state index is 0.0117. The van der Waals surface area contributed by atoms with Gasteiger partial charge in [0.1, 0.15) is 11.9 Å². The van der Waals surface area contributed by atoms with E-state index in [-0.39, 0.29) is 12.1 Å². The predicted molar refractivity (Wildman–Crippen MR) is 91.1 cm³/mol. The quantitative estimate of drug-likeness (QED) is 0.792. The van der Waals surface area contributed by atoms with Crippen molar-refractivity contribution in [3.05, 3.63) is 51.7 Å². The Kier molecular flexibility index (Phi) is 5.83. The Hall–Kier alpha value is -1.32. The van der Waals surface area contributed by atoms with Crippen LogP contribution in [0.5, 0.6) is 5.75 Å². The molecule has 2 aromatic rings. The molecule has 2 rings (SSSR count). The zero-order valence-electron chi connectivity index (χ0n) is 13.1. The van der Waals surface area contributed by atoms with Crippen LogP contribution in [0.3, 0.4) is 0 Å². The van der Waals surface area contributed by atoms with Crippen LogP contribution in [0.2, 0.25) is 0 Å². The summed E-state index contributed by atoms with van der Waals surface area (Å²) in [4.78, 5) is 1.24. The fraction of sp³-hybridized carbons (Fsp3) is 0.444. The molecule has 1 heterocycles. The molecule has 0 radical (unpaired) electrons. The molecule has 0 spiro atoms. The van der Waals surface area contributed by atoms with Crippen LogP contribution >= 0.6 is 11.3 Å². The molecule has 1 aromatic carbocycles. The van der Waals surface area contributed by atoms with Gasteiger partial charge in [-0.2, -0.15) is 0 Å². The summed E-state index contributed by atoms with van der Waals surface area (Å²) in [7, 11) is 0. The van der Waals surface area contributed by atoms with Crippen molar-refractivity contribution in [1.29, 1.82) is 0 Å². The molecule has 0 aliphatic heterocycles. The van der Waals surface area contributed by atoms with Gasteiger partial charge in [-0.15, -0.1) is 11.3 Å². The van der Waals surface area contributed by atoms with Gasteiger partial charge in [0.2, 0.25) is 0 Å². The van der Waals surface area contributed by atoms with Gasteiger partial charge in [0.15, 0.2) is 0 Å². The van der Waals surface area contributed by atoms with Gasteiger partial charge in [-0.05, 0) is 54.5 Å². The Morgan fingerprint density at radius 1 is 1.14 bits per heavy atom. The molecular weight excluding hydrogens is 278 g/mol. The van der Waals surface area contributed by atoms with E-state index >= 15 is 0 Å². The van der Waals surface area contributed by atoms with Crippen molar-refractivity contribution in [3.8, 4) is 5.75 Å². The largest absolute Gasteiger partial charge is 0.483 e. The fourth-order valence-electron chi connectivity index (χ4n) is 2.40. The van der Waals surface area contributed by atoms with Gasteiger partial charge in [0.05, 0.1) is 0 Å². The summed E-state index contributed by atoms with van der Waals surface area (Å²) >= 11 is 1.73. The van der Waals surface area contributed by atoms with Gasteiger partial charge in [-0.25, -0.2) is 0 Å². The second-order valence-electron chi connectivity index (χ2n) is 5.47. The Labute approximate surface area is 132 Å². The average Bonchev–Trinajstić information content (AvgIpc) is 2.92. The SMILES string of the molecule is CCCc1ccc(OC(c2sccc2C)C(N)CC)cc1. The highest BCUT2D eigenvalue weighted by Crippen LogP contribution is 2.31. The Morgan fingerprint density at radius 3 is 2.38 bits per heavy atom. The second-order valence-corrected chi connectivity index (χ2v) is 6.42. The van der Waals surface area contributed by atoms with Gasteiger partial charge >= 0.3 is 0 Å². The summed E-state index contributed by atoms with van der Waals surface area (Å²) in [5, 5.41) is 2.10. The summed E-state index contributed by atoms with van der Waals surface area (Å²) in [5.74, 6) is 0.900. The highest BCUT2D eigenvalue weighted by Gasteiger charge is 2.23. The van der Waals surface area contributed by atoms with Crippen LogP contribution < -0.4 is 10.5 Å². The molecule has 0 bridgehead atoms. The van der Waals surface area contributed by atoms with E-state index in [1.54, 1.807) is 11.3 Å². The van der Waals surface area contributed by atoms with Crippen molar-refractivity contribution >= 4 is 11.3 Å².